The maximum absolute atomic E-state index is 12.5. The Morgan fingerprint density at radius 2 is 1.93 bits per heavy atom. The highest BCUT2D eigenvalue weighted by Gasteiger charge is 2.32. The smallest absolute Gasteiger partial charge is 0.475 e. The molecule has 0 amide bonds. The van der Waals surface area contributed by atoms with Crippen LogP contribution in [0.3, 0.4) is 0 Å². The maximum Gasteiger partial charge on any atom is 0.573 e. The number of guanidine groups is 1. The third-order valence-corrected chi connectivity index (χ3v) is 3.17. The summed E-state index contributed by atoms with van der Waals surface area (Å²) >= 11 is 0. The summed E-state index contributed by atoms with van der Waals surface area (Å²) in [6.07, 6.45) is -3.24. The molecule has 0 radical (unpaired) electrons. The van der Waals surface area contributed by atoms with Crippen molar-refractivity contribution in [2.75, 3.05) is 25.6 Å². The molecular weight excluding hydrogens is 492 g/mol. The van der Waals surface area contributed by atoms with E-state index >= 15 is 0 Å². The number of anilines is 1. The molecule has 0 aliphatic rings. The van der Waals surface area contributed by atoms with Crippen molar-refractivity contribution < 1.29 is 27.4 Å². The highest BCUT2D eigenvalue weighted by atomic mass is 127. The van der Waals surface area contributed by atoms with E-state index in [1.807, 2.05) is 0 Å². The monoisotopic (exact) mass is 512 g/mol. The summed E-state index contributed by atoms with van der Waals surface area (Å²) < 4.78 is 51.7. The molecule has 0 bridgehead atoms. The van der Waals surface area contributed by atoms with Crippen LogP contribution in [0.2, 0.25) is 0 Å². The molecule has 1 aromatic heterocycles. The zero-order chi connectivity index (χ0) is 19.7. The summed E-state index contributed by atoms with van der Waals surface area (Å²) in [6.45, 7) is 0.844. The number of rotatable bonds is 8. The van der Waals surface area contributed by atoms with Crippen molar-refractivity contribution in [3.05, 3.63) is 48.2 Å². The van der Waals surface area contributed by atoms with Gasteiger partial charge in [0, 0.05) is 18.9 Å². The van der Waals surface area contributed by atoms with Crippen LogP contribution < -0.4 is 20.5 Å². The van der Waals surface area contributed by atoms with E-state index in [1.165, 1.54) is 18.2 Å². The Balaban J connectivity index is 0.00000392. The van der Waals surface area contributed by atoms with E-state index in [2.05, 4.69) is 20.0 Å². The standard InChI is InChI=1S/C17H19F3N4O3.HI/c1-25-9-10-26-15-12(5-4-8-22-15)11-23-16(21)24-13-6-2-3-7-14(13)27-17(18,19)20;/h2-8H,9-11H2,1H3,(H3,21,23,24);1H. The molecule has 1 aromatic carbocycles. The van der Waals surface area contributed by atoms with E-state index < -0.39 is 12.1 Å². The zero-order valence-corrected chi connectivity index (χ0v) is 17.2. The van der Waals surface area contributed by atoms with Crippen LogP contribution in [0.1, 0.15) is 5.56 Å². The number of ether oxygens (including phenoxy) is 3. The molecule has 1 heterocycles. The highest BCUT2D eigenvalue weighted by molar-refractivity contribution is 14.0. The lowest BCUT2D eigenvalue weighted by Gasteiger charge is -2.14. The molecular formula is C17H20F3IN4O3. The quantitative estimate of drug-likeness (QED) is 0.244. The number of alkyl halides is 3. The fourth-order valence-electron chi connectivity index (χ4n) is 2.03. The first-order valence-electron chi connectivity index (χ1n) is 7.86. The fraction of sp³-hybridized carbons (Fsp3) is 0.294. The number of nitrogens with two attached hydrogens (primary N) is 1. The average Bonchev–Trinajstić information content (AvgIpc) is 2.61. The Hall–Kier alpha value is -2.28. The van der Waals surface area contributed by atoms with Gasteiger partial charge in [-0.3, -0.25) is 0 Å². The lowest BCUT2D eigenvalue weighted by Crippen LogP contribution is -2.24. The summed E-state index contributed by atoms with van der Waals surface area (Å²) in [5.41, 5.74) is 6.48. The Kier molecular flexibility index (Phi) is 9.79. The predicted molar refractivity (Wildman–Crippen MR) is 109 cm³/mol. The molecule has 28 heavy (non-hydrogen) atoms. The van der Waals surface area contributed by atoms with Crippen molar-refractivity contribution in [3.8, 4) is 11.6 Å². The number of nitrogens with zero attached hydrogens (tertiary/aromatic N) is 2. The lowest BCUT2D eigenvalue weighted by molar-refractivity contribution is -0.274. The van der Waals surface area contributed by atoms with Gasteiger partial charge < -0.3 is 25.3 Å². The number of nitrogens with one attached hydrogen (secondary N) is 1. The molecule has 0 unspecified atom stereocenters. The summed E-state index contributed by atoms with van der Waals surface area (Å²) in [7, 11) is 1.56. The van der Waals surface area contributed by atoms with Crippen LogP contribution in [0.15, 0.2) is 47.6 Å². The number of hydrogen-bond acceptors (Lipinski definition) is 5. The number of hydrogen-bond donors (Lipinski definition) is 2. The first kappa shape index (κ1) is 23.8. The summed E-state index contributed by atoms with van der Waals surface area (Å²) in [6, 6.07) is 9.00. The molecule has 3 N–H and O–H groups in total. The molecule has 11 heteroatoms. The van der Waals surface area contributed by atoms with E-state index in [-0.39, 0.29) is 42.2 Å². The third-order valence-electron chi connectivity index (χ3n) is 3.17. The van der Waals surface area contributed by atoms with E-state index in [1.54, 1.807) is 31.5 Å². The zero-order valence-electron chi connectivity index (χ0n) is 14.9. The van der Waals surface area contributed by atoms with E-state index in [4.69, 9.17) is 15.2 Å². The number of aliphatic imine (C=N–C) groups is 1. The summed E-state index contributed by atoms with van der Waals surface area (Å²) in [5.74, 6) is -0.111. The van der Waals surface area contributed by atoms with Gasteiger partial charge in [-0.2, -0.15) is 0 Å². The molecule has 2 aromatic rings. The van der Waals surface area contributed by atoms with Crippen molar-refractivity contribution in [2.24, 2.45) is 10.7 Å². The van der Waals surface area contributed by atoms with Gasteiger partial charge >= 0.3 is 6.36 Å². The topological polar surface area (TPSA) is 91.0 Å². The molecule has 0 aliphatic carbocycles. The van der Waals surface area contributed by atoms with Crippen molar-refractivity contribution in [1.29, 1.82) is 0 Å². The number of benzene rings is 1. The van der Waals surface area contributed by atoms with Gasteiger partial charge in [-0.05, 0) is 18.2 Å². The van der Waals surface area contributed by atoms with Gasteiger partial charge in [-0.15, -0.1) is 37.1 Å². The van der Waals surface area contributed by atoms with E-state index in [0.717, 1.165) is 0 Å². The average molecular weight is 512 g/mol. The predicted octanol–water partition coefficient (Wildman–Crippen LogP) is 3.55. The van der Waals surface area contributed by atoms with Crippen LogP contribution in [-0.2, 0) is 11.3 Å². The van der Waals surface area contributed by atoms with Crippen molar-refractivity contribution in [1.82, 2.24) is 4.98 Å². The molecule has 154 valence electrons. The van der Waals surface area contributed by atoms with Crippen LogP contribution in [0.4, 0.5) is 18.9 Å². The van der Waals surface area contributed by atoms with Crippen LogP contribution in [0.25, 0.3) is 0 Å². The molecule has 0 atom stereocenters. The van der Waals surface area contributed by atoms with Gasteiger partial charge in [0.15, 0.2) is 11.7 Å². The van der Waals surface area contributed by atoms with Crippen LogP contribution in [0, 0.1) is 0 Å². The van der Waals surface area contributed by atoms with Crippen molar-refractivity contribution >= 4 is 35.6 Å². The maximum atomic E-state index is 12.5. The molecule has 2 rings (SSSR count). The Bertz CT molecular complexity index is 775. The number of methoxy groups -OCH3 is 1. The Labute approximate surface area is 177 Å². The normalized spacial score (nSPS) is 11.5. The number of pyridine rings is 1. The molecule has 0 fully saturated rings. The van der Waals surface area contributed by atoms with Gasteiger partial charge in [-0.25, -0.2) is 9.98 Å². The number of halogens is 4. The second-order valence-corrected chi connectivity index (χ2v) is 5.18. The fourth-order valence-corrected chi connectivity index (χ4v) is 2.03. The summed E-state index contributed by atoms with van der Waals surface area (Å²) in [5, 5.41) is 2.60. The minimum Gasteiger partial charge on any atom is -0.475 e. The molecule has 0 aliphatic heterocycles. The van der Waals surface area contributed by atoms with Gasteiger partial charge in [0.05, 0.1) is 18.8 Å². The largest absolute Gasteiger partial charge is 0.573 e. The van der Waals surface area contributed by atoms with Gasteiger partial charge in [0.1, 0.15) is 6.61 Å². The Morgan fingerprint density at radius 3 is 2.64 bits per heavy atom. The van der Waals surface area contributed by atoms with Crippen LogP contribution in [0.5, 0.6) is 11.6 Å². The van der Waals surface area contributed by atoms with E-state index in [0.29, 0.717) is 24.7 Å². The van der Waals surface area contributed by atoms with Gasteiger partial charge in [0.2, 0.25) is 5.88 Å². The first-order chi connectivity index (χ1) is 12.9. The van der Waals surface area contributed by atoms with Crippen LogP contribution in [-0.4, -0.2) is 37.6 Å². The SMILES string of the molecule is COCCOc1ncccc1CN=C(N)Nc1ccccc1OC(F)(F)F.I. The number of aromatic nitrogens is 1. The number of para-hydroxylation sites is 2. The molecule has 0 spiro atoms. The van der Waals surface area contributed by atoms with Gasteiger partial charge in [-0.1, -0.05) is 18.2 Å². The lowest BCUT2D eigenvalue weighted by atomic mass is 10.3. The summed E-state index contributed by atoms with van der Waals surface area (Å²) in [4.78, 5) is 8.23. The van der Waals surface area contributed by atoms with E-state index in [9.17, 15) is 13.2 Å². The second-order valence-electron chi connectivity index (χ2n) is 5.18. The third kappa shape index (κ3) is 8.17. The second kappa shape index (κ2) is 11.5. The Morgan fingerprint density at radius 1 is 1.18 bits per heavy atom. The van der Waals surface area contributed by atoms with Crippen LogP contribution >= 0.6 is 24.0 Å². The molecule has 0 saturated heterocycles. The minimum absolute atomic E-state index is 0. The first-order valence-corrected chi connectivity index (χ1v) is 7.86. The highest BCUT2D eigenvalue weighted by Crippen LogP contribution is 2.29. The van der Waals surface area contributed by atoms with Crippen molar-refractivity contribution in [2.45, 2.75) is 12.9 Å². The van der Waals surface area contributed by atoms with Crippen molar-refractivity contribution in [3.63, 3.8) is 0 Å². The minimum atomic E-state index is -4.81. The molecule has 0 saturated carbocycles. The molecule has 7 nitrogen and oxygen atoms in total. The van der Waals surface area contributed by atoms with Gasteiger partial charge in [0.25, 0.3) is 0 Å².